The molecule has 1 aliphatic carbocycles. The number of carbonyl (C=O) groups excluding carboxylic acids is 2. The van der Waals surface area contributed by atoms with E-state index in [1.54, 1.807) is 7.05 Å². The summed E-state index contributed by atoms with van der Waals surface area (Å²) >= 11 is 0. The quantitative estimate of drug-likeness (QED) is 0.610. The van der Waals surface area contributed by atoms with Crippen molar-refractivity contribution >= 4 is 12.0 Å². The predicted octanol–water partition coefficient (Wildman–Crippen LogP) is 4.61. The molecule has 0 radical (unpaired) electrons. The Hall–Kier alpha value is -2.82. The molecule has 1 atom stereocenters. The zero-order valence-corrected chi connectivity index (χ0v) is 17.2. The Bertz CT molecular complexity index is 804. The van der Waals surface area contributed by atoms with Crippen LogP contribution in [0.5, 0.6) is 0 Å². The second kappa shape index (κ2) is 10.1. The maximum Gasteiger partial charge on any atom is 0.407 e. The minimum absolute atomic E-state index is 0.0103. The van der Waals surface area contributed by atoms with Gasteiger partial charge in [0.1, 0.15) is 12.6 Å². The number of rotatable bonds is 9. The molecule has 2 N–H and O–H groups in total. The number of unbranched alkanes of at least 4 members (excludes halogenated alkanes) is 3. The first-order valence-corrected chi connectivity index (χ1v) is 10.5. The first-order valence-electron chi connectivity index (χ1n) is 10.5. The van der Waals surface area contributed by atoms with Crippen molar-refractivity contribution in [2.45, 2.75) is 51.0 Å². The topological polar surface area (TPSA) is 67.4 Å². The molecule has 3 rings (SSSR count). The predicted molar refractivity (Wildman–Crippen MR) is 115 cm³/mol. The number of fused-ring (bicyclic) bond motifs is 3. The third-order valence-corrected chi connectivity index (χ3v) is 5.55. The fourth-order valence-electron chi connectivity index (χ4n) is 4.00. The van der Waals surface area contributed by atoms with E-state index in [0.29, 0.717) is 6.42 Å². The highest BCUT2D eigenvalue weighted by Crippen LogP contribution is 2.44. The van der Waals surface area contributed by atoms with Gasteiger partial charge in [-0.05, 0) is 28.7 Å². The van der Waals surface area contributed by atoms with Crippen LogP contribution in [-0.4, -0.2) is 31.7 Å². The Morgan fingerprint density at radius 1 is 0.966 bits per heavy atom. The van der Waals surface area contributed by atoms with Gasteiger partial charge in [-0.25, -0.2) is 4.79 Å². The van der Waals surface area contributed by atoms with E-state index in [-0.39, 0.29) is 18.4 Å². The summed E-state index contributed by atoms with van der Waals surface area (Å²) in [5, 5.41) is 5.37. The summed E-state index contributed by atoms with van der Waals surface area (Å²) in [6.07, 6.45) is 4.28. The van der Waals surface area contributed by atoms with E-state index < -0.39 is 12.1 Å². The van der Waals surface area contributed by atoms with Gasteiger partial charge in [0.15, 0.2) is 0 Å². The van der Waals surface area contributed by atoms with Gasteiger partial charge in [-0.1, -0.05) is 81.1 Å². The molecule has 2 amide bonds. The molecule has 0 saturated carbocycles. The van der Waals surface area contributed by atoms with Crippen molar-refractivity contribution in [3.63, 3.8) is 0 Å². The van der Waals surface area contributed by atoms with Gasteiger partial charge in [-0.3, -0.25) is 4.79 Å². The first-order chi connectivity index (χ1) is 14.2. The van der Waals surface area contributed by atoms with Crippen LogP contribution in [0.4, 0.5) is 4.79 Å². The number of benzene rings is 2. The lowest BCUT2D eigenvalue weighted by molar-refractivity contribution is -0.122. The first kappa shape index (κ1) is 20.9. The van der Waals surface area contributed by atoms with Crippen LogP contribution < -0.4 is 10.6 Å². The molecule has 0 heterocycles. The lowest BCUT2D eigenvalue weighted by Crippen LogP contribution is -2.46. The molecule has 2 aromatic carbocycles. The molecule has 0 bridgehead atoms. The third-order valence-electron chi connectivity index (χ3n) is 5.55. The summed E-state index contributed by atoms with van der Waals surface area (Å²) in [5.74, 6) is -0.175. The normalized spacial score (nSPS) is 13.3. The summed E-state index contributed by atoms with van der Waals surface area (Å²) in [7, 11) is 1.58. The fraction of sp³-hybridized carbons (Fsp3) is 0.417. The van der Waals surface area contributed by atoms with E-state index in [1.807, 2.05) is 24.3 Å². The average Bonchev–Trinajstić information content (AvgIpc) is 3.07. The monoisotopic (exact) mass is 394 g/mol. The maximum absolute atomic E-state index is 12.4. The lowest BCUT2D eigenvalue weighted by atomic mass is 9.98. The Morgan fingerprint density at radius 3 is 2.17 bits per heavy atom. The van der Waals surface area contributed by atoms with Crippen molar-refractivity contribution in [2.75, 3.05) is 13.7 Å². The number of ether oxygens (including phenoxy) is 1. The van der Waals surface area contributed by atoms with Crippen molar-refractivity contribution in [2.24, 2.45) is 0 Å². The van der Waals surface area contributed by atoms with Crippen LogP contribution >= 0.6 is 0 Å². The lowest BCUT2D eigenvalue weighted by Gasteiger charge is -2.19. The molecule has 5 heteroatoms. The SMILES string of the molecule is CCCCCC[C@H](NC(=O)OCC1c2ccccc2-c2ccccc21)C(=O)NC. The highest BCUT2D eigenvalue weighted by atomic mass is 16.5. The van der Waals surface area contributed by atoms with Gasteiger partial charge in [-0.2, -0.15) is 0 Å². The van der Waals surface area contributed by atoms with Crippen molar-refractivity contribution in [1.29, 1.82) is 0 Å². The summed E-state index contributed by atoms with van der Waals surface area (Å²) in [6.45, 7) is 2.39. The Kier molecular flexibility index (Phi) is 7.28. The molecule has 0 fully saturated rings. The molecule has 0 spiro atoms. The van der Waals surface area contributed by atoms with Crippen LogP contribution in [-0.2, 0) is 9.53 Å². The highest BCUT2D eigenvalue weighted by Gasteiger charge is 2.29. The number of likely N-dealkylation sites (N-methyl/N-ethyl adjacent to an activating group) is 1. The van der Waals surface area contributed by atoms with Gasteiger partial charge in [0.05, 0.1) is 0 Å². The van der Waals surface area contributed by atoms with E-state index in [9.17, 15) is 9.59 Å². The van der Waals surface area contributed by atoms with Crippen LogP contribution in [0.3, 0.4) is 0 Å². The summed E-state index contributed by atoms with van der Waals surface area (Å²) in [4.78, 5) is 24.5. The van der Waals surface area contributed by atoms with Crippen LogP contribution in [0.1, 0.15) is 56.1 Å². The van der Waals surface area contributed by atoms with Gasteiger partial charge in [0, 0.05) is 13.0 Å². The zero-order chi connectivity index (χ0) is 20.6. The second-order valence-electron chi connectivity index (χ2n) is 7.49. The van der Waals surface area contributed by atoms with Gasteiger partial charge >= 0.3 is 6.09 Å². The van der Waals surface area contributed by atoms with Crippen molar-refractivity contribution in [3.05, 3.63) is 59.7 Å². The molecule has 154 valence electrons. The Morgan fingerprint density at radius 2 is 1.59 bits per heavy atom. The van der Waals surface area contributed by atoms with Gasteiger partial charge < -0.3 is 15.4 Å². The number of carbonyl (C=O) groups is 2. The van der Waals surface area contributed by atoms with Gasteiger partial charge in [-0.15, -0.1) is 0 Å². The number of nitrogens with one attached hydrogen (secondary N) is 2. The molecule has 2 aromatic rings. The van der Waals surface area contributed by atoms with E-state index in [2.05, 4.69) is 41.8 Å². The van der Waals surface area contributed by atoms with E-state index >= 15 is 0 Å². The molecule has 5 nitrogen and oxygen atoms in total. The second-order valence-corrected chi connectivity index (χ2v) is 7.49. The smallest absolute Gasteiger partial charge is 0.407 e. The molecule has 1 aliphatic rings. The number of hydrogen-bond acceptors (Lipinski definition) is 3. The fourth-order valence-corrected chi connectivity index (χ4v) is 4.00. The Balaban J connectivity index is 1.61. The molecule has 0 saturated heterocycles. The van der Waals surface area contributed by atoms with Gasteiger partial charge in [0.25, 0.3) is 0 Å². The van der Waals surface area contributed by atoms with Crippen LogP contribution in [0.2, 0.25) is 0 Å². The van der Waals surface area contributed by atoms with Crippen LogP contribution in [0.25, 0.3) is 11.1 Å². The van der Waals surface area contributed by atoms with Crippen LogP contribution in [0.15, 0.2) is 48.5 Å². The average molecular weight is 395 g/mol. The summed E-state index contributed by atoms with van der Waals surface area (Å²) in [5.41, 5.74) is 4.72. The molecule has 0 aliphatic heterocycles. The maximum atomic E-state index is 12.4. The number of amides is 2. The number of alkyl carbamates (subject to hydrolysis) is 1. The minimum atomic E-state index is -0.562. The van der Waals surface area contributed by atoms with E-state index in [4.69, 9.17) is 4.74 Å². The van der Waals surface area contributed by atoms with E-state index in [0.717, 1.165) is 25.7 Å². The van der Waals surface area contributed by atoms with Crippen LogP contribution in [0, 0.1) is 0 Å². The number of hydrogen-bond donors (Lipinski definition) is 2. The standard InChI is InChI=1S/C24H30N2O3/c1-3-4-5-6-15-22(23(27)25-2)26-24(28)29-16-21-19-13-9-7-11-17(19)18-12-8-10-14-20(18)21/h7-14,21-22H,3-6,15-16H2,1-2H3,(H,25,27)(H,26,28)/t22-/m0/s1. The van der Waals surface area contributed by atoms with E-state index in [1.165, 1.54) is 22.3 Å². The molecular weight excluding hydrogens is 364 g/mol. The molecule has 29 heavy (non-hydrogen) atoms. The zero-order valence-electron chi connectivity index (χ0n) is 17.2. The minimum Gasteiger partial charge on any atom is -0.449 e. The Labute approximate surface area is 172 Å². The van der Waals surface area contributed by atoms with Gasteiger partial charge in [0.2, 0.25) is 5.91 Å². The third kappa shape index (κ3) is 4.97. The van der Waals surface area contributed by atoms with Crippen molar-refractivity contribution in [1.82, 2.24) is 10.6 Å². The summed E-state index contributed by atoms with van der Waals surface area (Å²) in [6, 6.07) is 15.9. The summed E-state index contributed by atoms with van der Waals surface area (Å²) < 4.78 is 5.56. The van der Waals surface area contributed by atoms with Crippen molar-refractivity contribution < 1.29 is 14.3 Å². The molecular formula is C24H30N2O3. The largest absolute Gasteiger partial charge is 0.449 e. The molecule has 0 unspecified atom stereocenters. The highest BCUT2D eigenvalue weighted by molar-refractivity contribution is 5.85. The van der Waals surface area contributed by atoms with Crippen molar-refractivity contribution in [3.8, 4) is 11.1 Å². The molecule has 0 aromatic heterocycles.